The van der Waals surface area contributed by atoms with Crippen molar-refractivity contribution in [1.82, 2.24) is 0 Å². The Morgan fingerprint density at radius 1 is 0.917 bits per heavy atom. The molecule has 4 unspecified atom stereocenters. The van der Waals surface area contributed by atoms with Crippen LogP contribution in [-0.4, -0.2) is 0 Å². The van der Waals surface area contributed by atoms with Gasteiger partial charge in [-0.15, -0.1) is 0 Å². The van der Waals surface area contributed by atoms with Crippen molar-refractivity contribution in [3.8, 4) is 0 Å². The van der Waals surface area contributed by atoms with E-state index in [1.165, 1.54) is 6.42 Å². The standard InChI is InChI=1S/C12H24/c1-8-7-12(5,6)11(4)10(3)9(8)2/h8-11H,7H2,1-6H3. The van der Waals surface area contributed by atoms with Crippen molar-refractivity contribution in [1.29, 1.82) is 0 Å². The third-order valence-corrected chi connectivity index (χ3v) is 4.60. The van der Waals surface area contributed by atoms with Gasteiger partial charge >= 0.3 is 0 Å². The lowest BCUT2D eigenvalue weighted by atomic mass is 9.58. The van der Waals surface area contributed by atoms with Gasteiger partial charge in [0.15, 0.2) is 0 Å². The van der Waals surface area contributed by atoms with Gasteiger partial charge in [0.25, 0.3) is 0 Å². The maximum atomic E-state index is 2.43. The molecule has 0 spiro atoms. The van der Waals surface area contributed by atoms with Crippen LogP contribution < -0.4 is 0 Å². The Bertz CT molecular complexity index is 157. The first kappa shape index (κ1) is 10.1. The zero-order chi connectivity index (χ0) is 9.52. The lowest BCUT2D eigenvalue weighted by Crippen LogP contribution is -2.40. The number of hydrogen-bond acceptors (Lipinski definition) is 0. The van der Waals surface area contributed by atoms with Crippen molar-refractivity contribution >= 4 is 0 Å². The lowest BCUT2D eigenvalue weighted by Gasteiger charge is -2.47. The third-order valence-electron chi connectivity index (χ3n) is 4.60. The molecule has 0 N–H and O–H groups in total. The van der Waals surface area contributed by atoms with Gasteiger partial charge in [-0.25, -0.2) is 0 Å². The van der Waals surface area contributed by atoms with Crippen LogP contribution in [0.1, 0.15) is 48.0 Å². The van der Waals surface area contributed by atoms with Crippen molar-refractivity contribution < 1.29 is 0 Å². The number of rotatable bonds is 0. The second kappa shape index (κ2) is 3.05. The van der Waals surface area contributed by atoms with E-state index in [4.69, 9.17) is 0 Å². The van der Waals surface area contributed by atoms with Crippen molar-refractivity contribution in [2.24, 2.45) is 29.1 Å². The van der Waals surface area contributed by atoms with E-state index in [0.717, 1.165) is 23.7 Å². The fraction of sp³-hybridized carbons (Fsp3) is 1.00. The fourth-order valence-electron chi connectivity index (χ4n) is 2.89. The first-order valence-corrected chi connectivity index (χ1v) is 5.36. The Balaban J connectivity index is 2.78. The molecule has 0 aromatic carbocycles. The zero-order valence-electron chi connectivity index (χ0n) is 9.52. The largest absolute Gasteiger partial charge is 0.0622 e. The molecule has 0 heterocycles. The SMILES string of the molecule is CC1CC(C)(C)C(C)C(C)C1C. The topological polar surface area (TPSA) is 0 Å². The van der Waals surface area contributed by atoms with Crippen LogP contribution in [0.5, 0.6) is 0 Å². The van der Waals surface area contributed by atoms with Crippen LogP contribution in [0.4, 0.5) is 0 Å². The molecule has 1 saturated carbocycles. The summed E-state index contributed by atoms with van der Waals surface area (Å²) in [5, 5.41) is 0. The summed E-state index contributed by atoms with van der Waals surface area (Å²) in [6, 6.07) is 0. The summed E-state index contributed by atoms with van der Waals surface area (Å²) < 4.78 is 0. The summed E-state index contributed by atoms with van der Waals surface area (Å²) in [5.41, 5.74) is 0.561. The monoisotopic (exact) mass is 168 g/mol. The molecule has 1 aliphatic rings. The van der Waals surface area contributed by atoms with E-state index in [-0.39, 0.29) is 0 Å². The van der Waals surface area contributed by atoms with Crippen molar-refractivity contribution in [2.75, 3.05) is 0 Å². The molecule has 0 heteroatoms. The molecule has 0 aromatic heterocycles. The van der Waals surface area contributed by atoms with Gasteiger partial charge in [-0.2, -0.15) is 0 Å². The van der Waals surface area contributed by atoms with Crippen LogP contribution in [0, 0.1) is 29.1 Å². The van der Waals surface area contributed by atoms with E-state index >= 15 is 0 Å². The highest BCUT2D eigenvalue weighted by Crippen LogP contribution is 2.48. The average Bonchev–Trinajstić information content (AvgIpc) is 1.97. The highest BCUT2D eigenvalue weighted by atomic mass is 14.5. The molecule has 12 heavy (non-hydrogen) atoms. The Labute approximate surface area is 77.7 Å². The molecule has 1 rings (SSSR count). The predicted molar refractivity (Wildman–Crippen MR) is 55.1 cm³/mol. The van der Waals surface area contributed by atoms with E-state index < -0.39 is 0 Å². The molecule has 1 fully saturated rings. The molecule has 0 aliphatic heterocycles. The Hall–Kier alpha value is 0. The van der Waals surface area contributed by atoms with Crippen LogP contribution in [0.2, 0.25) is 0 Å². The smallest absolute Gasteiger partial charge is 0.0323 e. The van der Waals surface area contributed by atoms with Gasteiger partial charge in [-0.3, -0.25) is 0 Å². The molecule has 0 saturated heterocycles. The zero-order valence-corrected chi connectivity index (χ0v) is 9.52. The molecule has 0 radical (unpaired) electrons. The van der Waals surface area contributed by atoms with Crippen molar-refractivity contribution in [3.63, 3.8) is 0 Å². The Morgan fingerprint density at radius 3 is 1.92 bits per heavy atom. The minimum atomic E-state index is 0.561. The fourth-order valence-corrected chi connectivity index (χ4v) is 2.89. The molecule has 0 bridgehead atoms. The quantitative estimate of drug-likeness (QED) is 0.513. The minimum absolute atomic E-state index is 0.561. The molecular weight excluding hydrogens is 144 g/mol. The average molecular weight is 168 g/mol. The van der Waals surface area contributed by atoms with Crippen LogP contribution in [-0.2, 0) is 0 Å². The van der Waals surface area contributed by atoms with E-state index in [1.54, 1.807) is 0 Å². The molecule has 0 aromatic rings. The van der Waals surface area contributed by atoms with Crippen LogP contribution in [0.25, 0.3) is 0 Å². The van der Waals surface area contributed by atoms with Gasteiger partial charge in [-0.05, 0) is 35.5 Å². The first-order valence-electron chi connectivity index (χ1n) is 5.36. The molecule has 0 amide bonds. The van der Waals surface area contributed by atoms with Gasteiger partial charge in [-0.1, -0.05) is 41.5 Å². The second-order valence-electron chi connectivity index (χ2n) is 5.68. The van der Waals surface area contributed by atoms with E-state index in [0.29, 0.717) is 5.41 Å². The van der Waals surface area contributed by atoms with Gasteiger partial charge in [0.05, 0.1) is 0 Å². The first-order chi connectivity index (χ1) is 5.36. The molecule has 72 valence electrons. The third kappa shape index (κ3) is 1.53. The Kier molecular flexibility index (Phi) is 2.56. The molecule has 4 atom stereocenters. The molecular formula is C12H24. The van der Waals surface area contributed by atoms with Gasteiger partial charge in [0.1, 0.15) is 0 Å². The van der Waals surface area contributed by atoms with Gasteiger partial charge in [0, 0.05) is 0 Å². The highest BCUT2D eigenvalue weighted by molar-refractivity contribution is 4.89. The Morgan fingerprint density at radius 2 is 1.42 bits per heavy atom. The molecule has 1 aliphatic carbocycles. The van der Waals surface area contributed by atoms with E-state index in [2.05, 4.69) is 41.5 Å². The van der Waals surface area contributed by atoms with Gasteiger partial charge < -0.3 is 0 Å². The summed E-state index contributed by atoms with van der Waals surface area (Å²) in [6.07, 6.45) is 1.40. The van der Waals surface area contributed by atoms with Gasteiger partial charge in [0.2, 0.25) is 0 Å². The second-order valence-corrected chi connectivity index (χ2v) is 5.68. The van der Waals surface area contributed by atoms with E-state index in [1.807, 2.05) is 0 Å². The number of hydrogen-bond donors (Lipinski definition) is 0. The van der Waals surface area contributed by atoms with Crippen molar-refractivity contribution in [3.05, 3.63) is 0 Å². The van der Waals surface area contributed by atoms with Crippen LogP contribution in [0.3, 0.4) is 0 Å². The predicted octanol–water partition coefficient (Wildman–Crippen LogP) is 3.96. The normalized spacial score (nSPS) is 47.5. The summed E-state index contributed by atoms with van der Waals surface area (Å²) in [4.78, 5) is 0. The summed E-state index contributed by atoms with van der Waals surface area (Å²) >= 11 is 0. The summed E-state index contributed by atoms with van der Waals surface area (Å²) in [6.45, 7) is 14.5. The van der Waals surface area contributed by atoms with Crippen LogP contribution in [0.15, 0.2) is 0 Å². The van der Waals surface area contributed by atoms with Crippen LogP contribution >= 0.6 is 0 Å². The van der Waals surface area contributed by atoms with E-state index in [9.17, 15) is 0 Å². The maximum Gasteiger partial charge on any atom is -0.0323 e. The molecule has 0 nitrogen and oxygen atoms in total. The highest BCUT2D eigenvalue weighted by Gasteiger charge is 2.40. The summed E-state index contributed by atoms with van der Waals surface area (Å²) in [5.74, 6) is 3.59. The maximum absolute atomic E-state index is 2.43. The minimum Gasteiger partial charge on any atom is -0.0622 e. The van der Waals surface area contributed by atoms with Crippen molar-refractivity contribution in [2.45, 2.75) is 48.0 Å². The summed E-state index contributed by atoms with van der Waals surface area (Å²) in [7, 11) is 0. The lowest BCUT2D eigenvalue weighted by molar-refractivity contribution is 0.0178.